The summed E-state index contributed by atoms with van der Waals surface area (Å²) in [6, 6.07) is 1.35. The summed E-state index contributed by atoms with van der Waals surface area (Å²) >= 11 is 0. The third-order valence-electron chi connectivity index (χ3n) is 2.19. The van der Waals surface area contributed by atoms with Crippen molar-refractivity contribution in [2.45, 2.75) is 19.9 Å². The highest BCUT2D eigenvalue weighted by atomic mass is 16.5. The Morgan fingerprint density at radius 2 is 2.28 bits per heavy atom. The number of nitrogens with zero attached hydrogens (tertiary/aromatic N) is 2. The quantitative estimate of drug-likeness (QED) is 0.729. The zero-order valence-electron chi connectivity index (χ0n) is 10.5. The number of carboxylic acids is 1. The van der Waals surface area contributed by atoms with Crippen LogP contribution in [0.5, 0.6) is 0 Å². The van der Waals surface area contributed by atoms with E-state index >= 15 is 0 Å². The minimum atomic E-state index is -1.13. The molecule has 1 aromatic heterocycles. The number of aromatic carboxylic acids is 1. The summed E-state index contributed by atoms with van der Waals surface area (Å²) in [6.07, 6.45) is 0.888. The molecule has 0 aliphatic rings. The van der Waals surface area contributed by atoms with Gasteiger partial charge in [0.1, 0.15) is 0 Å². The van der Waals surface area contributed by atoms with Gasteiger partial charge in [-0.3, -0.25) is 9.69 Å². The molecule has 1 aromatic rings. The average Bonchev–Trinajstić information content (AvgIpc) is 2.74. The normalized spacial score (nSPS) is 10.6. The van der Waals surface area contributed by atoms with Gasteiger partial charge in [0.2, 0.25) is 5.91 Å². The van der Waals surface area contributed by atoms with Crippen molar-refractivity contribution in [3.05, 3.63) is 17.5 Å². The van der Waals surface area contributed by atoms with E-state index in [1.54, 1.807) is 11.9 Å². The number of nitrogens with one attached hydrogen (secondary N) is 1. The lowest BCUT2D eigenvalue weighted by Crippen LogP contribution is -2.35. The molecule has 0 saturated carbocycles. The Balaban J connectivity index is 2.41. The predicted octanol–water partition coefficient (Wildman–Crippen LogP) is 0.331. The first kappa shape index (κ1) is 14.2. The third kappa shape index (κ3) is 4.54. The Hall–Kier alpha value is -1.89. The van der Waals surface area contributed by atoms with Crippen LogP contribution in [0, 0.1) is 0 Å². The molecule has 1 amide bonds. The molecule has 0 fully saturated rings. The highest BCUT2D eigenvalue weighted by Gasteiger charge is 2.13. The summed E-state index contributed by atoms with van der Waals surface area (Å²) in [6.45, 7) is 3.19. The van der Waals surface area contributed by atoms with Gasteiger partial charge >= 0.3 is 5.97 Å². The van der Waals surface area contributed by atoms with Crippen molar-refractivity contribution >= 4 is 11.9 Å². The minimum absolute atomic E-state index is 0.0719. The van der Waals surface area contributed by atoms with Gasteiger partial charge in [0.25, 0.3) is 0 Å². The molecule has 0 spiro atoms. The van der Waals surface area contributed by atoms with E-state index in [1.807, 2.05) is 6.92 Å². The van der Waals surface area contributed by atoms with Crippen molar-refractivity contribution in [1.29, 1.82) is 0 Å². The topological polar surface area (TPSA) is 95.7 Å². The fourth-order valence-corrected chi connectivity index (χ4v) is 1.38. The molecule has 0 bridgehead atoms. The van der Waals surface area contributed by atoms with Crippen molar-refractivity contribution in [3.63, 3.8) is 0 Å². The Morgan fingerprint density at radius 1 is 1.56 bits per heavy atom. The molecule has 0 unspecified atom stereocenters. The molecule has 1 rings (SSSR count). The van der Waals surface area contributed by atoms with Crippen LogP contribution >= 0.6 is 0 Å². The van der Waals surface area contributed by atoms with Crippen LogP contribution in [0.4, 0.5) is 0 Å². The van der Waals surface area contributed by atoms with Crippen LogP contribution in [-0.2, 0) is 11.3 Å². The lowest BCUT2D eigenvalue weighted by molar-refractivity contribution is -0.122. The van der Waals surface area contributed by atoms with Gasteiger partial charge in [-0.1, -0.05) is 12.1 Å². The summed E-state index contributed by atoms with van der Waals surface area (Å²) in [5.74, 6) is -0.788. The maximum atomic E-state index is 11.4. The van der Waals surface area contributed by atoms with Crippen LogP contribution in [0.3, 0.4) is 0 Å². The highest BCUT2D eigenvalue weighted by molar-refractivity contribution is 5.85. The van der Waals surface area contributed by atoms with Gasteiger partial charge in [-0.15, -0.1) is 0 Å². The van der Waals surface area contributed by atoms with E-state index in [-0.39, 0.29) is 18.1 Å². The van der Waals surface area contributed by atoms with Crippen molar-refractivity contribution in [2.75, 3.05) is 20.1 Å². The van der Waals surface area contributed by atoms with Gasteiger partial charge < -0.3 is 14.9 Å². The number of carboxylic acid groups (broad SMARTS) is 1. The van der Waals surface area contributed by atoms with Gasteiger partial charge in [0.15, 0.2) is 11.5 Å². The van der Waals surface area contributed by atoms with Gasteiger partial charge in [-0.05, 0) is 13.5 Å². The number of rotatable bonds is 7. The molecule has 0 atom stereocenters. The summed E-state index contributed by atoms with van der Waals surface area (Å²) in [5, 5.41) is 14.8. The molecule has 0 aliphatic heterocycles. The molecule has 7 heteroatoms. The third-order valence-corrected chi connectivity index (χ3v) is 2.19. The largest absolute Gasteiger partial charge is 0.476 e. The van der Waals surface area contributed by atoms with Gasteiger partial charge in [-0.25, -0.2) is 4.79 Å². The van der Waals surface area contributed by atoms with Crippen molar-refractivity contribution in [2.24, 2.45) is 0 Å². The van der Waals surface area contributed by atoms with E-state index in [9.17, 15) is 9.59 Å². The van der Waals surface area contributed by atoms with Crippen LogP contribution in [-0.4, -0.2) is 47.2 Å². The van der Waals surface area contributed by atoms with Crippen LogP contribution in [0.15, 0.2) is 10.6 Å². The minimum Gasteiger partial charge on any atom is -0.476 e. The molecule has 7 nitrogen and oxygen atoms in total. The number of carbonyl (C=O) groups is 2. The Kier molecular flexibility index (Phi) is 5.31. The second kappa shape index (κ2) is 6.75. The summed E-state index contributed by atoms with van der Waals surface area (Å²) < 4.78 is 4.86. The van der Waals surface area contributed by atoms with Crippen LogP contribution in [0.25, 0.3) is 0 Å². The lowest BCUT2D eigenvalue weighted by Gasteiger charge is -2.13. The maximum absolute atomic E-state index is 11.4. The summed E-state index contributed by atoms with van der Waals surface area (Å²) in [7, 11) is 1.74. The number of hydrogen-bond donors (Lipinski definition) is 2. The molecule has 0 radical (unpaired) electrons. The Morgan fingerprint density at radius 3 is 2.83 bits per heavy atom. The lowest BCUT2D eigenvalue weighted by atomic mass is 10.3. The first-order valence-electron chi connectivity index (χ1n) is 5.67. The smallest absolute Gasteiger partial charge is 0.358 e. The molecule has 0 aromatic carbocycles. The fraction of sp³-hybridized carbons (Fsp3) is 0.545. The SMILES string of the molecule is CCCNC(=O)CN(C)Cc1cc(C(=O)O)no1. The van der Waals surface area contributed by atoms with E-state index in [0.717, 1.165) is 6.42 Å². The standard InChI is InChI=1S/C11H17N3O4/c1-3-4-12-10(15)7-14(2)6-8-5-9(11(16)17)13-18-8/h5H,3-4,6-7H2,1-2H3,(H,12,15)(H,16,17). The van der Waals surface area contributed by atoms with Crippen LogP contribution in [0.2, 0.25) is 0 Å². The Labute approximate surface area is 105 Å². The maximum Gasteiger partial charge on any atom is 0.358 e. The molecule has 1 heterocycles. The molecule has 18 heavy (non-hydrogen) atoms. The number of hydrogen-bond acceptors (Lipinski definition) is 5. The Bertz CT molecular complexity index is 416. The monoisotopic (exact) mass is 255 g/mol. The second-order valence-corrected chi connectivity index (χ2v) is 4.01. The van der Waals surface area contributed by atoms with Crippen molar-refractivity contribution in [3.8, 4) is 0 Å². The van der Waals surface area contributed by atoms with E-state index in [0.29, 0.717) is 18.8 Å². The fourth-order valence-electron chi connectivity index (χ4n) is 1.38. The average molecular weight is 255 g/mol. The zero-order valence-corrected chi connectivity index (χ0v) is 10.5. The molecule has 0 saturated heterocycles. The van der Waals surface area contributed by atoms with Crippen molar-refractivity contribution in [1.82, 2.24) is 15.4 Å². The first-order valence-corrected chi connectivity index (χ1v) is 5.67. The molecular formula is C11H17N3O4. The summed E-state index contributed by atoms with van der Waals surface area (Å²) in [5.41, 5.74) is -0.131. The van der Waals surface area contributed by atoms with Gasteiger partial charge in [0.05, 0.1) is 13.1 Å². The van der Waals surface area contributed by atoms with E-state index in [2.05, 4.69) is 10.5 Å². The van der Waals surface area contributed by atoms with E-state index in [1.165, 1.54) is 6.07 Å². The van der Waals surface area contributed by atoms with Gasteiger partial charge in [-0.2, -0.15) is 0 Å². The van der Waals surface area contributed by atoms with Crippen molar-refractivity contribution < 1.29 is 19.2 Å². The number of likely N-dealkylation sites (N-methyl/N-ethyl adjacent to an activating group) is 1. The highest BCUT2D eigenvalue weighted by Crippen LogP contribution is 2.06. The number of amides is 1. The number of aromatic nitrogens is 1. The second-order valence-electron chi connectivity index (χ2n) is 4.01. The van der Waals surface area contributed by atoms with Crippen LogP contribution < -0.4 is 5.32 Å². The zero-order chi connectivity index (χ0) is 13.5. The molecule has 100 valence electrons. The number of carbonyl (C=O) groups excluding carboxylic acids is 1. The van der Waals surface area contributed by atoms with E-state index < -0.39 is 5.97 Å². The summed E-state index contributed by atoms with van der Waals surface area (Å²) in [4.78, 5) is 23.7. The molecule has 2 N–H and O–H groups in total. The molecular weight excluding hydrogens is 238 g/mol. The first-order chi connectivity index (χ1) is 8.52. The van der Waals surface area contributed by atoms with Gasteiger partial charge in [0, 0.05) is 12.6 Å². The van der Waals surface area contributed by atoms with E-state index in [4.69, 9.17) is 9.63 Å². The van der Waals surface area contributed by atoms with Crippen LogP contribution in [0.1, 0.15) is 29.6 Å². The molecule has 0 aliphatic carbocycles. The predicted molar refractivity (Wildman–Crippen MR) is 63.1 cm³/mol.